The molecule has 1 atom stereocenters. The van der Waals surface area contributed by atoms with Gasteiger partial charge in [-0.05, 0) is 36.3 Å². The minimum atomic E-state index is -0.136. The van der Waals surface area contributed by atoms with Crippen LogP contribution >= 0.6 is 0 Å². The maximum absolute atomic E-state index is 5.70. The predicted octanol–water partition coefficient (Wildman–Crippen LogP) is 4.12. The number of allylic oxidation sites excluding steroid dienone is 1. The molecule has 1 unspecified atom stereocenters. The summed E-state index contributed by atoms with van der Waals surface area (Å²) in [5.74, 6) is 0.838. The lowest BCUT2D eigenvalue weighted by Gasteiger charge is -2.21. The second-order valence-electron chi connectivity index (χ2n) is 4.99. The van der Waals surface area contributed by atoms with Crippen molar-refractivity contribution in [3.05, 3.63) is 77.4 Å². The number of benzene rings is 2. The van der Waals surface area contributed by atoms with Gasteiger partial charge in [-0.2, -0.15) is 0 Å². The van der Waals surface area contributed by atoms with Crippen LogP contribution in [0.15, 0.2) is 71.4 Å². The first-order valence-electron chi connectivity index (χ1n) is 6.89. The molecule has 0 fully saturated rings. The average Bonchev–Trinajstić information content (AvgIpc) is 2.56. The van der Waals surface area contributed by atoms with Gasteiger partial charge in [-0.15, -0.1) is 0 Å². The summed E-state index contributed by atoms with van der Waals surface area (Å²) in [5.41, 5.74) is 4.12. The zero-order chi connectivity index (χ0) is 14.7. The van der Waals surface area contributed by atoms with Crippen molar-refractivity contribution in [2.24, 2.45) is 5.16 Å². The molecule has 1 heterocycles. The fourth-order valence-corrected chi connectivity index (χ4v) is 2.36. The first kappa shape index (κ1) is 13.4. The predicted molar refractivity (Wildman–Crippen MR) is 83.6 cm³/mol. The highest BCUT2D eigenvalue weighted by Gasteiger charge is 2.20. The summed E-state index contributed by atoms with van der Waals surface area (Å²) in [6.07, 6.45) is 1.94. The van der Waals surface area contributed by atoms with Crippen molar-refractivity contribution >= 4 is 5.71 Å². The van der Waals surface area contributed by atoms with E-state index in [0.717, 1.165) is 28.2 Å². The molecular formula is C18H17NO2. The van der Waals surface area contributed by atoms with Crippen LogP contribution in [0.1, 0.15) is 24.2 Å². The summed E-state index contributed by atoms with van der Waals surface area (Å²) in [7, 11) is 1.66. The van der Waals surface area contributed by atoms with Crippen LogP contribution in [0.3, 0.4) is 0 Å². The van der Waals surface area contributed by atoms with Crippen molar-refractivity contribution in [3.8, 4) is 5.75 Å². The summed E-state index contributed by atoms with van der Waals surface area (Å²) in [5, 5.41) is 4.26. The molecule has 2 aromatic rings. The maximum atomic E-state index is 5.70. The van der Waals surface area contributed by atoms with Gasteiger partial charge >= 0.3 is 0 Å². The third-order valence-electron chi connectivity index (χ3n) is 3.52. The van der Waals surface area contributed by atoms with Gasteiger partial charge in [0.25, 0.3) is 0 Å². The molecule has 0 amide bonds. The Labute approximate surface area is 124 Å². The Balaban J connectivity index is 1.83. The first-order valence-corrected chi connectivity index (χ1v) is 6.89. The third kappa shape index (κ3) is 2.82. The van der Waals surface area contributed by atoms with Crippen LogP contribution in [0, 0.1) is 0 Å². The molecule has 0 saturated heterocycles. The topological polar surface area (TPSA) is 30.8 Å². The largest absolute Gasteiger partial charge is 0.497 e. The Hall–Kier alpha value is -2.55. The van der Waals surface area contributed by atoms with Gasteiger partial charge in [0, 0.05) is 5.56 Å². The average molecular weight is 279 g/mol. The van der Waals surface area contributed by atoms with E-state index >= 15 is 0 Å². The Morgan fingerprint density at radius 2 is 1.71 bits per heavy atom. The highest BCUT2D eigenvalue weighted by atomic mass is 16.6. The summed E-state index contributed by atoms with van der Waals surface area (Å²) >= 11 is 0. The summed E-state index contributed by atoms with van der Waals surface area (Å²) in [6, 6.07) is 17.9. The van der Waals surface area contributed by atoms with E-state index in [1.165, 1.54) is 0 Å². The Morgan fingerprint density at radius 3 is 2.33 bits per heavy atom. The molecule has 0 spiro atoms. The van der Waals surface area contributed by atoms with Gasteiger partial charge in [-0.3, -0.25) is 0 Å². The Kier molecular flexibility index (Phi) is 3.73. The zero-order valence-electron chi connectivity index (χ0n) is 12.1. The van der Waals surface area contributed by atoms with Crippen LogP contribution in [0.4, 0.5) is 0 Å². The van der Waals surface area contributed by atoms with Gasteiger partial charge in [-0.1, -0.05) is 47.6 Å². The summed E-state index contributed by atoms with van der Waals surface area (Å²) in [6.45, 7) is 2.06. The van der Waals surface area contributed by atoms with Crippen LogP contribution < -0.4 is 4.74 Å². The SMILES string of the molecule is COc1ccc(C2ON=C(c3ccccc3)C=C2C)cc1. The van der Waals surface area contributed by atoms with Gasteiger partial charge < -0.3 is 9.57 Å². The molecule has 0 aromatic heterocycles. The van der Waals surface area contributed by atoms with E-state index < -0.39 is 0 Å². The molecule has 0 bridgehead atoms. The standard InChI is InChI=1S/C18H17NO2/c1-13-12-17(14-6-4-3-5-7-14)19-21-18(13)15-8-10-16(20-2)11-9-15/h3-12,18H,1-2H3. The molecule has 0 saturated carbocycles. The smallest absolute Gasteiger partial charge is 0.173 e. The monoisotopic (exact) mass is 279 g/mol. The fraction of sp³-hybridized carbons (Fsp3) is 0.167. The molecule has 21 heavy (non-hydrogen) atoms. The molecular weight excluding hydrogens is 262 g/mol. The van der Waals surface area contributed by atoms with E-state index in [-0.39, 0.29) is 6.10 Å². The van der Waals surface area contributed by atoms with Crippen molar-refractivity contribution in [2.45, 2.75) is 13.0 Å². The van der Waals surface area contributed by atoms with Gasteiger partial charge in [0.15, 0.2) is 6.10 Å². The molecule has 0 N–H and O–H groups in total. The van der Waals surface area contributed by atoms with Crippen LogP contribution in [0.5, 0.6) is 5.75 Å². The maximum Gasteiger partial charge on any atom is 0.173 e. The lowest BCUT2D eigenvalue weighted by Crippen LogP contribution is -2.12. The lowest BCUT2D eigenvalue weighted by atomic mass is 9.99. The van der Waals surface area contributed by atoms with Crippen molar-refractivity contribution in [1.29, 1.82) is 0 Å². The molecule has 2 aromatic carbocycles. The minimum Gasteiger partial charge on any atom is -0.497 e. The van der Waals surface area contributed by atoms with Crippen LogP contribution in [0.25, 0.3) is 0 Å². The molecule has 1 aliphatic rings. The van der Waals surface area contributed by atoms with E-state index in [0.29, 0.717) is 0 Å². The van der Waals surface area contributed by atoms with Crippen molar-refractivity contribution in [2.75, 3.05) is 7.11 Å². The van der Waals surface area contributed by atoms with Crippen LogP contribution in [-0.4, -0.2) is 12.8 Å². The van der Waals surface area contributed by atoms with E-state index in [2.05, 4.69) is 18.2 Å². The zero-order valence-corrected chi connectivity index (χ0v) is 12.1. The van der Waals surface area contributed by atoms with Crippen molar-refractivity contribution in [3.63, 3.8) is 0 Å². The van der Waals surface area contributed by atoms with Gasteiger partial charge in [0.05, 0.1) is 7.11 Å². The van der Waals surface area contributed by atoms with Crippen LogP contribution in [-0.2, 0) is 4.84 Å². The van der Waals surface area contributed by atoms with Gasteiger partial charge in [0.1, 0.15) is 11.5 Å². The second-order valence-corrected chi connectivity index (χ2v) is 4.99. The van der Waals surface area contributed by atoms with E-state index in [1.54, 1.807) is 7.11 Å². The normalized spacial score (nSPS) is 17.5. The molecule has 106 valence electrons. The molecule has 1 aliphatic heterocycles. The second kappa shape index (κ2) is 5.83. The molecule has 0 radical (unpaired) electrons. The summed E-state index contributed by atoms with van der Waals surface area (Å²) < 4.78 is 5.18. The van der Waals surface area contributed by atoms with E-state index in [9.17, 15) is 0 Å². The fourth-order valence-electron chi connectivity index (χ4n) is 2.36. The quantitative estimate of drug-likeness (QED) is 0.846. The number of hydrogen-bond donors (Lipinski definition) is 0. The van der Waals surface area contributed by atoms with E-state index in [4.69, 9.17) is 9.57 Å². The number of ether oxygens (including phenoxy) is 1. The summed E-state index contributed by atoms with van der Waals surface area (Å²) in [4.78, 5) is 5.70. The molecule has 3 heteroatoms. The molecule has 3 nitrogen and oxygen atoms in total. The third-order valence-corrected chi connectivity index (χ3v) is 3.52. The number of methoxy groups -OCH3 is 1. The highest BCUT2D eigenvalue weighted by molar-refractivity contribution is 6.09. The minimum absolute atomic E-state index is 0.136. The van der Waals surface area contributed by atoms with Gasteiger partial charge in [-0.25, -0.2) is 0 Å². The highest BCUT2D eigenvalue weighted by Crippen LogP contribution is 2.30. The Bertz CT molecular complexity index is 672. The number of rotatable bonds is 3. The van der Waals surface area contributed by atoms with Gasteiger partial charge in [0.2, 0.25) is 0 Å². The Morgan fingerprint density at radius 1 is 1.00 bits per heavy atom. The molecule has 0 aliphatic carbocycles. The molecule has 3 rings (SSSR count). The van der Waals surface area contributed by atoms with E-state index in [1.807, 2.05) is 54.6 Å². The number of oxime groups is 1. The first-order chi connectivity index (χ1) is 10.3. The van der Waals surface area contributed by atoms with Crippen LogP contribution in [0.2, 0.25) is 0 Å². The van der Waals surface area contributed by atoms with Crippen molar-refractivity contribution < 1.29 is 9.57 Å². The number of nitrogens with zero attached hydrogens (tertiary/aromatic N) is 1. The lowest BCUT2D eigenvalue weighted by molar-refractivity contribution is 0.0813. The van der Waals surface area contributed by atoms with Crippen molar-refractivity contribution in [1.82, 2.24) is 0 Å². The number of hydrogen-bond acceptors (Lipinski definition) is 3.